The van der Waals surface area contributed by atoms with Crippen LogP contribution in [-0.2, 0) is 6.42 Å². The molecule has 0 aliphatic carbocycles. The summed E-state index contributed by atoms with van der Waals surface area (Å²) < 4.78 is 5.74. The van der Waals surface area contributed by atoms with E-state index in [0.717, 1.165) is 16.6 Å². The number of nitrogens with one attached hydrogen (secondary N) is 1. The highest BCUT2D eigenvalue weighted by molar-refractivity contribution is 7.18. The average molecular weight is 251 g/mol. The molecule has 0 radical (unpaired) electrons. The molecule has 0 spiro atoms. The fraction of sp³-hybridized carbons (Fsp3) is 0.500. The summed E-state index contributed by atoms with van der Waals surface area (Å²) >= 11 is 1.70. The van der Waals surface area contributed by atoms with Gasteiger partial charge in [0.25, 0.3) is 0 Å². The molecule has 2 heterocycles. The zero-order valence-corrected chi connectivity index (χ0v) is 11.4. The summed E-state index contributed by atoms with van der Waals surface area (Å²) in [6, 6.07) is 2.12. The molecule has 0 atom stereocenters. The first-order valence-corrected chi connectivity index (χ1v) is 6.60. The van der Waals surface area contributed by atoms with E-state index in [1.54, 1.807) is 11.3 Å². The molecule has 17 heavy (non-hydrogen) atoms. The van der Waals surface area contributed by atoms with Crippen molar-refractivity contribution in [2.24, 2.45) is 0 Å². The third-order valence-corrected chi connectivity index (χ3v) is 3.50. The number of aromatic nitrogens is 2. The molecule has 0 fully saturated rings. The van der Waals surface area contributed by atoms with Crippen LogP contribution in [0.5, 0.6) is 5.88 Å². The van der Waals surface area contributed by atoms with Crippen LogP contribution in [0, 0.1) is 0 Å². The maximum atomic E-state index is 5.74. The van der Waals surface area contributed by atoms with Gasteiger partial charge < -0.3 is 10.1 Å². The monoisotopic (exact) mass is 251 g/mol. The van der Waals surface area contributed by atoms with E-state index < -0.39 is 0 Å². The van der Waals surface area contributed by atoms with Crippen molar-refractivity contribution >= 4 is 27.5 Å². The lowest BCUT2D eigenvalue weighted by Gasteiger charge is -2.10. The summed E-state index contributed by atoms with van der Waals surface area (Å²) in [5.41, 5.74) is 0. The number of thiophene rings is 1. The minimum Gasteiger partial charge on any atom is -0.474 e. The van der Waals surface area contributed by atoms with E-state index in [9.17, 15) is 0 Å². The van der Waals surface area contributed by atoms with Crippen molar-refractivity contribution in [3.05, 3.63) is 10.9 Å². The van der Waals surface area contributed by atoms with Crippen molar-refractivity contribution in [3.63, 3.8) is 0 Å². The number of anilines is 1. The van der Waals surface area contributed by atoms with E-state index in [1.807, 2.05) is 20.9 Å². The Balaban J connectivity index is 2.56. The molecule has 0 saturated carbocycles. The van der Waals surface area contributed by atoms with Gasteiger partial charge in [-0.2, -0.15) is 4.98 Å². The standard InChI is InChI=1S/C12H17N3OS/c1-5-8-6-9-10(16-7(2)3)14-12(13-4)15-11(9)17-8/h6-7H,5H2,1-4H3,(H,13,14,15). The van der Waals surface area contributed by atoms with Crippen molar-refractivity contribution in [3.8, 4) is 5.88 Å². The molecule has 0 amide bonds. The van der Waals surface area contributed by atoms with Crippen LogP contribution in [0.3, 0.4) is 0 Å². The molecule has 0 aromatic carbocycles. The van der Waals surface area contributed by atoms with E-state index in [1.165, 1.54) is 4.88 Å². The van der Waals surface area contributed by atoms with Gasteiger partial charge in [-0.3, -0.25) is 0 Å². The first kappa shape index (κ1) is 12.1. The van der Waals surface area contributed by atoms with Crippen LogP contribution in [0.4, 0.5) is 5.95 Å². The van der Waals surface area contributed by atoms with Gasteiger partial charge in [0, 0.05) is 11.9 Å². The highest BCUT2D eigenvalue weighted by Gasteiger charge is 2.12. The number of hydrogen-bond donors (Lipinski definition) is 1. The fourth-order valence-electron chi connectivity index (χ4n) is 1.54. The van der Waals surface area contributed by atoms with Gasteiger partial charge in [0.1, 0.15) is 4.83 Å². The number of fused-ring (bicyclic) bond motifs is 1. The molecule has 0 aliphatic rings. The third-order valence-electron chi connectivity index (χ3n) is 2.33. The lowest BCUT2D eigenvalue weighted by Crippen LogP contribution is -2.08. The minimum atomic E-state index is 0.114. The molecule has 4 nitrogen and oxygen atoms in total. The molecule has 2 aromatic rings. The Bertz CT molecular complexity index is 522. The first-order chi connectivity index (χ1) is 8.13. The van der Waals surface area contributed by atoms with Gasteiger partial charge in [-0.25, -0.2) is 4.98 Å². The van der Waals surface area contributed by atoms with Crippen molar-refractivity contribution in [2.75, 3.05) is 12.4 Å². The Hall–Kier alpha value is -1.36. The minimum absolute atomic E-state index is 0.114. The quantitative estimate of drug-likeness (QED) is 0.907. The summed E-state index contributed by atoms with van der Waals surface area (Å²) in [7, 11) is 1.81. The van der Waals surface area contributed by atoms with Crippen molar-refractivity contribution in [1.82, 2.24) is 9.97 Å². The molecular weight excluding hydrogens is 234 g/mol. The van der Waals surface area contributed by atoms with Crippen molar-refractivity contribution in [2.45, 2.75) is 33.3 Å². The zero-order chi connectivity index (χ0) is 12.4. The summed E-state index contributed by atoms with van der Waals surface area (Å²) in [6.07, 6.45) is 1.12. The van der Waals surface area contributed by atoms with E-state index >= 15 is 0 Å². The van der Waals surface area contributed by atoms with E-state index in [4.69, 9.17) is 4.74 Å². The summed E-state index contributed by atoms with van der Waals surface area (Å²) in [5.74, 6) is 1.28. The summed E-state index contributed by atoms with van der Waals surface area (Å²) in [6.45, 7) is 6.14. The maximum absolute atomic E-state index is 5.74. The van der Waals surface area contributed by atoms with E-state index in [-0.39, 0.29) is 6.10 Å². The lowest BCUT2D eigenvalue weighted by molar-refractivity contribution is 0.236. The van der Waals surface area contributed by atoms with Crippen LogP contribution in [0.25, 0.3) is 10.2 Å². The highest BCUT2D eigenvalue weighted by Crippen LogP contribution is 2.32. The summed E-state index contributed by atoms with van der Waals surface area (Å²) in [4.78, 5) is 11.1. The smallest absolute Gasteiger partial charge is 0.227 e. The number of ether oxygens (including phenoxy) is 1. The third kappa shape index (κ3) is 2.49. The predicted molar refractivity (Wildman–Crippen MR) is 72.1 cm³/mol. The topological polar surface area (TPSA) is 47.0 Å². The van der Waals surface area contributed by atoms with E-state index in [2.05, 4.69) is 28.3 Å². The van der Waals surface area contributed by atoms with Crippen LogP contribution in [-0.4, -0.2) is 23.1 Å². The number of hydrogen-bond acceptors (Lipinski definition) is 5. The van der Waals surface area contributed by atoms with Gasteiger partial charge in [-0.05, 0) is 26.3 Å². The second-order valence-electron chi connectivity index (χ2n) is 4.05. The Morgan fingerprint density at radius 2 is 2.18 bits per heavy atom. The number of nitrogens with zero attached hydrogens (tertiary/aromatic N) is 2. The second-order valence-corrected chi connectivity index (χ2v) is 5.17. The molecule has 0 saturated heterocycles. The maximum Gasteiger partial charge on any atom is 0.227 e. The molecule has 0 aliphatic heterocycles. The van der Waals surface area contributed by atoms with Gasteiger partial charge in [0.15, 0.2) is 0 Å². The first-order valence-electron chi connectivity index (χ1n) is 5.79. The molecule has 92 valence electrons. The Morgan fingerprint density at radius 1 is 1.41 bits per heavy atom. The van der Waals surface area contributed by atoms with Gasteiger partial charge in [-0.15, -0.1) is 11.3 Å². The van der Waals surface area contributed by atoms with Crippen LogP contribution in [0.15, 0.2) is 6.07 Å². The molecular formula is C12H17N3OS. The Morgan fingerprint density at radius 3 is 2.76 bits per heavy atom. The van der Waals surface area contributed by atoms with Gasteiger partial charge in [0.2, 0.25) is 11.8 Å². The summed E-state index contributed by atoms with van der Waals surface area (Å²) in [5, 5.41) is 3.98. The van der Waals surface area contributed by atoms with E-state index in [0.29, 0.717) is 11.8 Å². The largest absolute Gasteiger partial charge is 0.474 e. The molecule has 2 aromatic heterocycles. The van der Waals surface area contributed by atoms with Gasteiger partial charge >= 0.3 is 0 Å². The lowest BCUT2D eigenvalue weighted by atomic mass is 10.3. The molecule has 0 bridgehead atoms. The normalized spacial score (nSPS) is 11.1. The zero-order valence-electron chi connectivity index (χ0n) is 10.6. The Labute approximate surface area is 105 Å². The second kappa shape index (κ2) is 4.87. The van der Waals surface area contributed by atoms with Crippen LogP contribution in [0.2, 0.25) is 0 Å². The SMILES string of the molecule is CCc1cc2c(OC(C)C)nc(NC)nc2s1. The molecule has 5 heteroatoms. The average Bonchev–Trinajstić information content (AvgIpc) is 2.71. The molecule has 2 rings (SSSR count). The Kier molecular flexibility index (Phi) is 3.47. The van der Waals surface area contributed by atoms with Crippen LogP contribution < -0.4 is 10.1 Å². The molecule has 1 N–H and O–H groups in total. The van der Waals surface area contributed by atoms with Gasteiger partial charge in [-0.1, -0.05) is 6.92 Å². The predicted octanol–water partition coefficient (Wildman–Crippen LogP) is 3.08. The van der Waals surface area contributed by atoms with Gasteiger partial charge in [0.05, 0.1) is 11.5 Å². The highest BCUT2D eigenvalue weighted by atomic mass is 32.1. The van der Waals surface area contributed by atoms with Crippen molar-refractivity contribution < 1.29 is 4.74 Å². The molecule has 0 unspecified atom stereocenters. The van der Waals surface area contributed by atoms with Crippen LogP contribution >= 0.6 is 11.3 Å². The van der Waals surface area contributed by atoms with Crippen LogP contribution in [0.1, 0.15) is 25.6 Å². The van der Waals surface area contributed by atoms with Crippen molar-refractivity contribution in [1.29, 1.82) is 0 Å². The number of rotatable bonds is 4. The number of aryl methyl sites for hydroxylation is 1. The fourth-order valence-corrected chi connectivity index (χ4v) is 2.50.